The van der Waals surface area contributed by atoms with Crippen molar-refractivity contribution in [2.75, 3.05) is 27.8 Å². The lowest BCUT2D eigenvalue weighted by Crippen LogP contribution is -2.37. The summed E-state index contributed by atoms with van der Waals surface area (Å²) in [7, 11) is 4.87. The largest absolute Gasteiger partial charge is 0.496 e. The van der Waals surface area contributed by atoms with Crippen molar-refractivity contribution in [1.29, 1.82) is 0 Å². The zero-order valence-electron chi connectivity index (χ0n) is 14.1. The minimum absolute atomic E-state index is 0.0315. The maximum Gasteiger partial charge on any atom is 0.323 e. The standard InChI is InChI=1S/C17H24N2O4/c1-11-7-12(5-6-15(11)22-3)8-16(20)18-13-9-14(17(21)23-4)19(2)10-13/h5-7,13-14H,8-10H2,1-4H3,(H,18,20)/t13-,14-/m0/s1. The number of hydrogen-bond donors (Lipinski definition) is 1. The van der Waals surface area contributed by atoms with Crippen LogP contribution in [0.3, 0.4) is 0 Å². The fraction of sp³-hybridized carbons (Fsp3) is 0.529. The topological polar surface area (TPSA) is 67.9 Å². The van der Waals surface area contributed by atoms with E-state index in [0.717, 1.165) is 16.9 Å². The maximum absolute atomic E-state index is 12.2. The van der Waals surface area contributed by atoms with Crippen molar-refractivity contribution in [2.24, 2.45) is 0 Å². The molecule has 0 unspecified atom stereocenters. The number of carbonyl (C=O) groups excluding carboxylic acids is 2. The van der Waals surface area contributed by atoms with Crippen LogP contribution >= 0.6 is 0 Å². The molecule has 1 heterocycles. The summed E-state index contributed by atoms with van der Waals surface area (Å²) in [5.41, 5.74) is 1.95. The molecule has 6 heteroatoms. The van der Waals surface area contributed by atoms with Gasteiger partial charge in [0.15, 0.2) is 0 Å². The minimum Gasteiger partial charge on any atom is -0.496 e. The molecule has 126 valence electrons. The molecule has 1 aliphatic heterocycles. The van der Waals surface area contributed by atoms with Crippen molar-refractivity contribution in [3.05, 3.63) is 29.3 Å². The summed E-state index contributed by atoms with van der Waals surface area (Å²) in [4.78, 5) is 25.8. The summed E-state index contributed by atoms with van der Waals surface area (Å²) in [6, 6.07) is 5.40. The van der Waals surface area contributed by atoms with Crippen molar-refractivity contribution >= 4 is 11.9 Å². The van der Waals surface area contributed by atoms with Crippen LogP contribution in [0.4, 0.5) is 0 Å². The number of hydrogen-bond acceptors (Lipinski definition) is 5. The normalized spacial score (nSPS) is 21.0. The molecule has 0 saturated carbocycles. The predicted molar refractivity (Wildman–Crippen MR) is 86.4 cm³/mol. The predicted octanol–water partition coefficient (Wildman–Crippen LogP) is 0.908. The van der Waals surface area contributed by atoms with Gasteiger partial charge in [0.2, 0.25) is 5.91 Å². The molecule has 1 fully saturated rings. The van der Waals surface area contributed by atoms with Crippen LogP contribution in [0, 0.1) is 6.92 Å². The molecule has 2 rings (SSSR count). The highest BCUT2D eigenvalue weighted by Gasteiger charge is 2.35. The Morgan fingerprint density at radius 2 is 2.09 bits per heavy atom. The molecule has 1 saturated heterocycles. The first kappa shape index (κ1) is 17.3. The summed E-state index contributed by atoms with van der Waals surface area (Å²) < 4.78 is 10.0. The number of nitrogens with zero attached hydrogens (tertiary/aromatic N) is 1. The van der Waals surface area contributed by atoms with Crippen LogP contribution in [-0.4, -0.2) is 56.7 Å². The Morgan fingerprint density at radius 1 is 1.35 bits per heavy atom. The number of aryl methyl sites for hydroxylation is 1. The van der Waals surface area contributed by atoms with Crippen molar-refractivity contribution in [3.8, 4) is 5.75 Å². The molecule has 6 nitrogen and oxygen atoms in total. The number of esters is 1. The number of nitrogens with one attached hydrogen (secondary N) is 1. The molecule has 0 spiro atoms. The maximum atomic E-state index is 12.2. The van der Waals surface area contributed by atoms with Crippen LogP contribution < -0.4 is 10.1 Å². The van der Waals surface area contributed by atoms with Crippen LogP contribution in [0.15, 0.2) is 18.2 Å². The minimum atomic E-state index is -0.284. The fourth-order valence-corrected chi connectivity index (χ4v) is 3.03. The number of likely N-dealkylation sites (N-methyl/N-ethyl adjacent to an activating group) is 1. The molecule has 0 aliphatic carbocycles. The molecule has 0 aromatic heterocycles. The molecular weight excluding hydrogens is 296 g/mol. The summed E-state index contributed by atoms with van der Waals surface area (Å²) in [5.74, 6) is 0.515. The van der Waals surface area contributed by atoms with Gasteiger partial charge in [0.1, 0.15) is 11.8 Å². The smallest absolute Gasteiger partial charge is 0.323 e. The lowest BCUT2D eigenvalue weighted by Gasteiger charge is -2.15. The van der Waals surface area contributed by atoms with Gasteiger partial charge in [-0.1, -0.05) is 12.1 Å². The second kappa shape index (κ2) is 7.46. The molecule has 0 radical (unpaired) electrons. The van der Waals surface area contributed by atoms with Gasteiger partial charge in [-0.2, -0.15) is 0 Å². The van der Waals surface area contributed by atoms with E-state index in [4.69, 9.17) is 9.47 Å². The third-order valence-electron chi connectivity index (χ3n) is 4.21. The van der Waals surface area contributed by atoms with Crippen molar-refractivity contribution in [1.82, 2.24) is 10.2 Å². The number of ether oxygens (including phenoxy) is 2. The van der Waals surface area contributed by atoms with E-state index >= 15 is 0 Å². The van der Waals surface area contributed by atoms with Gasteiger partial charge >= 0.3 is 5.97 Å². The van der Waals surface area contributed by atoms with Crippen LogP contribution in [0.1, 0.15) is 17.5 Å². The molecule has 1 aromatic carbocycles. The van der Waals surface area contributed by atoms with Gasteiger partial charge < -0.3 is 14.8 Å². The summed E-state index contributed by atoms with van der Waals surface area (Å²) >= 11 is 0. The molecule has 1 amide bonds. The van der Waals surface area contributed by atoms with Crippen LogP contribution in [0.2, 0.25) is 0 Å². The lowest BCUT2D eigenvalue weighted by molar-refractivity contribution is -0.145. The van der Waals surface area contributed by atoms with Gasteiger partial charge in [0.25, 0.3) is 0 Å². The third kappa shape index (κ3) is 4.22. The SMILES string of the molecule is COC(=O)[C@@H]1C[C@H](NC(=O)Cc2ccc(OC)c(C)c2)CN1C. The number of rotatable bonds is 5. The van der Waals surface area contributed by atoms with E-state index in [2.05, 4.69) is 5.32 Å². The first-order chi connectivity index (χ1) is 10.9. The number of carbonyl (C=O) groups is 2. The lowest BCUT2D eigenvalue weighted by atomic mass is 10.1. The van der Waals surface area contributed by atoms with Gasteiger partial charge in [0.05, 0.1) is 20.6 Å². The van der Waals surface area contributed by atoms with E-state index in [1.165, 1.54) is 7.11 Å². The van der Waals surface area contributed by atoms with Crippen molar-refractivity contribution in [3.63, 3.8) is 0 Å². The van der Waals surface area contributed by atoms with E-state index in [9.17, 15) is 9.59 Å². The van der Waals surface area contributed by atoms with Crippen LogP contribution in [-0.2, 0) is 20.7 Å². The quantitative estimate of drug-likeness (QED) is 0.817. The third-order valence-corrected chi connectivity index (χ3v) is 4.21. The van der Waals surface area contributed by atoms with Crippen LogP contribution in [0.25, 0.3) is 0 Å². The van der Waals surface area contributed by atoms with Crippen LogP contribution in [0.5, 0.6) is 5.75 Å². The number of benzene rings is 1. The number of methoxy groups -OCH3 is 2. The highest BCUT2D eigenvalue weighted by molar-refractivity contribution is 5.80. The molecule has 1 aromatic rings. The van der Waals surface area contributed by atoms with E-state index in [-0.39, 0.29) is 24.0 Å². The average molecular weight is 320 g/mol. The Kier molecular flexibility index (Phi) is 5.60. The zero-order chi connectivity index (χ0) is 17.0. The Bertz CT molecular complexity index is 588. The van der Waals surface area contributed by atoms with Gasteiger partial charge in [-0.05, 0) is 37.6 Å². The Hall–Kier alpha value is -2.08. The van der Waals surface area contributed by atoms with Gasteiger partial charge in [0, 0.05) is 12.6 Å². The molecule has 0 bridgehead atoms. The molecule has 2 atom stereocenters. The van der Waals surface area contributed by atoms with Gasteiger partial charge in [-0.3, -0.25) is 14.5 Å². The second-order valence-corrected chi connectivity index (χ2v) is 5.96. The molecule has 23 heavy (non-hydrogen) atoms. The number of likely N-dealkylation sites (tertiary alicyclic amines) is 1. The summed E-state index contributed by atoms with van der Waals surface area (Å²) in [5, 5.41) is 3.00. The second-order valence-electron chi connectivity index (χ2n) is 5.96. The Morgan fingerprint density at radius 3 is 2.70 bits per heavy atom. The molecular formula is C17H24N2O4. The van der Waals surface area contributed by atoms with Crippen molar-refractivity contribution in [2.45, 2.75) is 31.8 Å². The molecule has 1 aliphatic rings. The highest BCUT2D eigenvalue weighted by Crippen LogP contribution is 2.20. The van der Waals surface area contributed by atoms with E-state index in [0.29, 0.717) is 19.4 Å². The summed E-state index contributed by atoms with van der Waals surface area (Å²) in [6.45, 7) is 2.60. The first-order valence-corrected chi connectivity index (χ1v) is 7.65. The van der Waals surface area contributed by atoms with E-state index < -0.39 is 0 Å². The highest BCUT2D eigenvalue weighted by atomic mass is 16.5. The van der Waals surface area contributed by atoms with Crippen molar-refractivity contribution < 1.29 is 19.1 Å². The van der Waals surface area contributed by atoms with E-state index in [1.807, 2.05) is 37.1 Å². The fourth-order valence-electron chi connectivity index (χ4n) is 3.03. The van der Waals surface area contributed by atoms with Gasteiger partial charge in [-0.25, -0.2) is 0 Å². The Labute approximate surface area is 136 Å². The number of amides is 1. The molecule has 1 N–H and O–H groups in total. The first-order valence-electron chi connectivity index (χ1n) is 7.65. The average Bonchev–Trinajstić information content (AvgIpc) is 2.87. The monoisotopic (exact) mass is 320 g/mol. The zero-order valence-corrected chi connectivity index (χ0v) is 14.1. The Balaban J connectivity index is 1.90. The summed E-state index contributed by atoms with van der Waals surface area (Å²) in [6.07, 6.45) is 0.893. The van der Waals surface area contributed by atoms with E-state index in [1.54, 1.807) is 7.11 Å². The van der Waals surface area contributed by atoms with Gasteiger partial charge in [-0.15, -0.1) is 0 Å².